The lowest BCUT2D eigenvalue weighted by Gasteiger charge is -2.10. The molecule has 0 bridgehead atoms. The van der Waals surface area contributed by atoms with Gasteiger partial charge in [-0.15, -0.1) is 0 Å². The quantitative estimate of drug-likeness (QED) is 0.555. The van der Waals surface area contributed by atoms with Crippen LogP contribution in [0.5, 0.6) is 5.75 Å². The van der Waals surface area contributed by atoms with Crippen molar-refractivity contribution in [3.05, 3.63) is 73.2 Å². The van der Waals surface area contributed by atoms with E-state index in [1.54, 1.807) is 13.3 Å². The fourth-order valence-electron chi connectivity index (χ4n) is 2.66. The van der Waals surface area contributed by atoms with Gasteiger partial charge in [-0.05, 0) is 36.4 Å². The van der Waals surface area contributed by atoms with E-state index in [0.717, 1.165) is 28.0 Å². The highest BCUT2D eigenvalue weighted by molar-refractivity contribution is 5.91. The van der Waals surface area contributed by atoms with E-state index in [-0.39, 0.29) is 0 Å². The van der Waals surface area contributed by atoms with Gasteiger partial charge in [0.1, 0.15) is 23.7 Å². The van der Waals surface area contributed by atoms with Gasteiger partial charge < -0.3 is 15.4 Å². The lowest BCUT2D eigenvalue weighted by atomic mass is 10.2. The standard InChI is InChI=1S/C20H17N5O/c1-26-16-9-7-15(8-10-16)24-18-12-19(23-13-22-18)25-17-6-2-4-14-5-3-11-21-20(14)17/h2-13H,1H3,(H2,22,23,24,25). The Morgan fingerprint density at radius 1 is 0.808 bits per heavy atom. The van der Waals surface area contributed by atoms with E-state index in [1.807, 2.05) is 60.7 Å². The topological polar surface area (TPSA) is 72.0 Å². The first-order valence-electron chi connectivity index (χ1n) is 8.16. The minimum absolute atomic E-state index is 0.689. The number of nitrogens with one attached hydrogen (secondary N) is 2. The number of benzene rings is 2. The highest BCUT2D eigenvalue weighted by atomic mass is 16.5. The summed E-state index contributed by atoms with van der Waals surface area (Å²) in [5.74, 6) is 2.19. The van der Waals surface area contributed by atoms with Crippen molar-refractivity contribution in [2.45, 2.75) is 0 Å². The number of nitrogens with zero attached hydrogens (tertiary/aromatic N) is 3. The fourth-order valence-corrected chi connectivity index (χ4v) is 2.66. The Morgan fingerprint density at radius 3 is 2.38 bits per heavy atom. The normalized spacial score (nSPS) is 10.5. The van der Waals surface area contributed by atoms with Crippen LogP contribution in [0, 0.1) is 0 Å². The van der Waals surface area contributed by atoms with Gasteiger partial charge in [-0.2, -0.15) is 0 Å². The Balaban J connectivity index is 1.57. The number of ether oxygens (including phenoxy) is 1. The minimum Gasteiger partial charge on any atom is -0.497 e. The van der Waals surface area contributed by atoms with Gasteiger partial charge in [-0.1, -0.05) is 18.2 Å². The number of fused-ring (bicyclic) bond motifs is 1. The summed E-state index contributed by atoms with van der Waals surface area (Å²) in [6, 6.07) is 19.5. The van der Waals surface area contributed by atoms with Crippen LogP contribution < -0.4 is 15.4 Å². The summed E-state index contributed by atoms with van der Waals surface area (Å²) in [5.41, 5.74) is 2.72. The van der Waals surface area contributed by atoms with Crippen molar-refractivity contribution in [2.75, 3.05) is 17.7 Å². The Morgan fingerprint density at radius 2 is 1.58 bits per heavy atom. The minimum atomic E-state index is 0.689. The molecule has 0 aliphatic heterocycles. The molecule has 2 N–H and O–H groups in total. The third-order valence-corrected chi connectivity index (χ3v) is 3.92. The van der Waals surface area contributed by atoms with Gasteiger partial charge in [0.25, 0.3) is 0 Å². The van der Waals surface area contributed by atoms with E-state index in [9.17, 15) is 0 Å². The molecule has 0 fully saturated rings. The molecule has 4 aromatic rings. The van der Waals surface area contributed by atoms with Gasteiger partial charge in [-0.25, -0.2) is 9.97 Å². The molecule has 0 radical (unpaired) electrons. The first-order chi connectivity index (χ1) is 12.8. The van der Waals surface area contributed by atoms with Gasteiger partial charge in [0.15, 0.2) is 0 Å². The molecule has 2 heterocycles. The van der Waals surface area contributed by atoms with Crippen molar-refractivity contribution in [3.63, 3.8) is 0 Å². The van der Waals surface area contributed by atoms with E-state index in [2.05, 4.69) is 25.6 Å². The molecule has 128 valence electrons. The summed E-state index contributed by atoms with van der Waals surface area (Å²) in [7, 11) is 1.65. The van der Waals surface area contributed by atoms with E-state index < -0.39 is 0 Å². The highest BCUT2D eigenvalue weighted by Gasteiger charge is 2.05. The van der Waals surface area contributed by atoms with Crippen LogP contribution in [0.3, 0.4) is 0 Å². The number of methoxy groups -OCH3 is 1. The van der Waals surface area contributed by atoms with E-state index in [4.69, 9.17) is 4.74 Å². The summed E-state index contributed by atoms with van der Waals surface area (Å²) in [6.07, 6.45) is 3.30. The Bertz CT molecular complexity index is 1030. The van der Waals surface area contributed by atoms with Crippen LogP contribution in [0.4, 0.5) is 23.0 Å². The third-order valence-electron chi connectivity index (χ3n) is 3.92. The highest BCUT2D eigenvalue weighted by Crippen LogP contribution is 2.25. The second-order valence-corrected chi connectivity index (χ2v) is 5.65. The summed E-state index contributed by atoms with van der Waals surface area (Å²) >= 11 is 0. The molecule has 6 nitrogen and oxygen atoms in total. The second-order valence-electron chi connectivity index (χ2n) is 5.65. The predicted molar refractivity (Wildman–Crippen MR) is 103 cm³/mol. The van der Waals surface area contributed by atoms with Crippen molar-refractivity contribution in [1.29, 1.82) is 0 Å². The summed E-state index contributed by atoms with van der Waals surface area (Å²) in [6.45, 7) is 0. The van der Waals surface area contributed by atoms with Crippen molar-refractivity contribution < 1.29 is 4.74 Å². The Hall–Kier alpha value is -3.67. The van der Waals surface area contributed by atoms with Gasteiger partial charge in [0.2, 0.25) is 0 Å². The molecule has 0 saturated heterocycles. The Kier molecular flexibility index (Phi) is 4.30. The number of hydrogen-bond donors (Lipinski definition) is 2. The van der Waals surface area contributed by atoms with Crippen LogP contribution in [-0.2, 0) is 0 Å². The van der Waals surface area contributed by atoms with Gasteiger partial charge in [0, 0.05) is 23.3 Å². The van der Waals surface area contributed by atoms with Crippen LogP contribution in [-0.4, -0.2) is 22.1 Å². The number of aromatic nitrogens is 3. The second kappa shape index (κ2) is 7.06. The smallest absolute Gasteiger partial charge is 0.135 e. The molecule has 0 atom stereocenters. The van der Waals surface area contributed by atoms with E-state index in [0.29, 0.717) is 11.6 Å². The van der Waals surface area contributed by atoms with E-state index in [1.165, 1.54) is 6.33 Å². The van der Waals surface area contributed by atoms with Gasteiger partial charge in [-0.3, -0.25) is 4.98 Å². The molecule has 0 amide bonds. The Labute approximate surface area is 150 Å². The van der Waals surface area contributed by atoms with Crippen LogP contribution in [0.15, 0.2) is 73.2 Å². The monoisotopic (exact) mass is 343 g/mol. The lowest BCUT2D eigenvalue weighted by molar-refractivity contribution is 0.415. The summed E-state index contributed by atoms with van der Waals surface area (Å²) in [5, 5.41) is 7.65. The first kappa shape index (κ1) is 15.8. The summed E-state index contributed by atoms with van der Waals surface area (Å²) in [4.78, 5) is 13.0. The van der Waals surface area contributed by atoms with Gasteiger partial charge >= 0.3 is 0 Å². The molecule has 0 aliphatic carbocycles. The molecule has 2 aromatic carbocycles. The third kappa shape index (κ3) is 3.39. The SMILES string of the molecule is COc1ccc(Nc2cc(Nc3cccc4cccnc34)ncn2)cc1. The fraction of sp³-hybridized carbons (Fsp3) is 0.0500. The maximum atomic E-state index is 5.17. The van der Waals surface area contributed by atoms with Gasteiger partial charge in [0.05, 0.1) is 18.3 Å². The predicted octanol–water partition coefficient (Wildman–Crippen LogP) is 4.52. The molecular formula is C20H17N5O. The number of anilines is 4. The molecule has 0 aliphatic rings. The van der Waals surface area contributed by atoms with Crippen molar-refractivity contribution in [3.8, 4) is 5.75 Å². The molecule has 26 heavy (non-hydrogen) atoms. The lowest BCUT2D eigenvalue weighted by Crippen LogP contribution is -1.99. The molecule has 4 rings (SSSR count). The number of para-hydroxylation sites is 1. The zero-order valence-electron chi connectivity index (χ0n) is 14.2. The van der Waals surface area contributed by atoms with Crippen molar-refractivity contribution >= 4 is 33.9 Å². The number of hydrogen-bond acceptors (Lipinski definition) is 6. The zero-order chi connectivity index (χ0) is 17.8. The number of pyridine rings is 1. The maximum absolute atomic E-state index is 5.17. The maximum Gasteiger partial charge on any atom is 0.135 e. The summed E-state index contributed by atoms with van der Waals surface area (Å²) < 4.78 is 5.17. The van der Waals surface area contributed by atoms with Crippen LogP contribution in [0.25, 0.3) is 10.9 Å². The average Bonchev–Trinajstić information content (AvgIpc) is 2.69. The number of rotatable bonds is 5. The zero-order valence-corrected chi connectivity index (χ0v) is 14.2. The van der Waals surface area contributed by atoms with Crippen LogP contribution in [0.2, 0.25) is 0 Å². The molecule has 0 unspecified atom stereocenters. The molecular weight excluding hydrogens is 326 g/mol. The molecule has 6 heteroatoms. The van der Waals surface area contributed by atoms with Crippen molar-refractivity contribution in [1.82, 2.24) is 15.0 Å². The average molecular weight is 343 g/mol. The van der Waals surface area contributed by atoms with Crippen LogP contribution in [0.1, 0.15) is 0 Å². The van der Waals surface area contributed by atoms with Crippen LogP contribution >= 0.6 is 0 Å². The largest absolute Gasteiger partial charge is 0.497 e. The van der Waals surface area contributed by atoms with Crippen molar-refractivity contribution in [2.24, 2.45) is 0 Å². The first-order valence-corrected chi connectivity index (χ1v) is 8.16. The van der Waals surface area contributed by atoms with E-state index >= 15 is 0 Å². The molecule has 2 aromatic heterocycles. The molecule has 0 saturated carbocycles. The molecule has 0 spiro atoms.